The van der Waals surface area contributed by atoms with Crippen LogP contribution >= 0.6 is 0 Å². The molecule has 1 amide bonds. The molecule has 28 heavy (non-hydrogen) atoms. The number of carbonyl (C=O) groups is 2. The molecule has 2 aromatic carbocycles. The quantitative estimate of drug-likeness (QED) is 0.713. The number of esters is 1. The van der Waals surface area contributed by atoms with Gasteiger partial charge in [0.1, 0.15) is 0 Å². The van der Waals surface area contributed by atoms with Gasteiger partial charge >= 0.3 is 5.97 Å². The molecule has 0 unspecified atom stereocenters. The lowest BCUT2D eigenvalue weighted by Crippen LogP contribution is -2.43. The molecule has 0 radical (unpaired) electrons. The van der Waals surface area contributed by atoms with Gasteiger partial charge in [-0.25, -0.2) is 4.79 Å². The lowest BCUT2D eigenvalue weighted by atomic mass is 10.1. The third-order valence-electron chi connectivity index (χ3n) is 4.78. The number of amides is 1. The van der Waals surface area contributed by atoms with Crippen LogP contribution in [0, 0.1) is 0 Å². The van der Waals surface area contributed by atoms with E-state index in [0.717, 1.165) is 17.7 Å². The summed E-state index contributed by atoms with van der Waals surface area (Å²) in [4.78, 5) is 27.2. The number of fused-ring (bicyclic) bond motifs is 1. The van der Waals surface area contributed by atoms with Crippen LogP contribution in [0.3, 0.4) is 0 Å². The molecule has 6 nitrogen and oxygen atoms in total. The van der Waals surface area contributed by atoms with Crippen molar-refractivity contribution in [2.45, 2.75) is 39.3 Å². The number of para-hydroxylation sites is 1. The molecule has 0 fully saturated rings. The van der Waals surface area contributed by atoms with Gasteiger partial charge in [0.25, 0.3) is 5.91 Å². The highest BCUT2D eigenvalue weighted by Crippen LogP contribution is 2.33. The van der Waals surface area contributed by atoms with Crippen molar-refractivity contribution in [3.8, 4) is 11.5 Å². The van der Waals surface area contributed by atoms with Crippen molar-refractivity contribution in [2.24, 2.45) is 0 Å². The van der Waals surface area contributed by atoms with Crippen molar-refractivity contribution in [1.82, 2.24) is 0 Å². The van der Waals surface area contributed by atoms with E-state index < -0.39 is 12.1 Å². The van der Waals surface area contributed by atoms with E-state index in [1.54, 1.807) is 30.0 Å². The zero-order chi connectivity index (χ0) is 20.3. The number of anilines is 1. The van der Waals surface area contributed by atoms with Crippen LogP contribution in [0.2, 0.25) is 0 Å². The van der Waals surface area contributed by atoms with Crippen molar-refractivity contribution < 1.29 is 23.8 Å². The van der Waals surface area contributed by atoms with Gasteiger partial charge in [-0.2, -0.15) is 0 Å². The Kier molecular flexibility index (Phi) is 5.87. The molecular formula is C22H25NO5. The topological polar surface area (TPSA) is 65.1 Å². The molecule has 6 heteroatoms. The first-order valence-electron chi connectivity index (χ1n) is 9.39. The number of methoxy groups -OCH3 is 1. The van der Waals surface area contributed by atoms with Crippen LogP contribution in [-0.2, 0) is 16.0 Å². The van der Waals surface area contributed by atoms with Crippen molar-refractivity contribution in [3.05, 3.63) is 53.6 Å². The fourth-order valence-electron chi connectivity index (χ4n) is 3.45. The first-order valence-corrected chi connectivity index (χ1v) is 9.39. The smallest absolute Gasteiger partial charge is 0.339 e. The Balaban J connectivity index is 1.74. The van der Waals surface area contributed by atoms with Gasteiger partial charge in [0, 0.05) is 11.7 Å². The normalized spacial score (nSPS) is 16.3. The standard InChI is InChI=1S/C22H25NO5/c1-5-27-20-13-17(10-11-19(20)26-4)22(25)28-15(3)21(24)23-14(2)12-16-8-6-7-9-18(16)23/h6-11,13-15H,5,12H2,1-4H3/t14-,15-/m0/s1. The highest BCUT2D eigenvalue weighted by atomic mass is 16.5. The maximum Gasteiger partial charge on any atom is 0.339 e. The third kappa shape index (κ3) is 3.81. The van der Waals surface area contributed by atoms with Crippen LogP contribution in [0.1, 0.15) is 36.7 Å². The lowest BCUT2D eigenvalue weighted by molar-refractivity contribution is -0.126. The first kappa shape index (κ1) is 19.7. The van der Waals surface area contributed by atoms with Crippen LogP contribution in [0.4, 0.5) is 5.69 Å². The molecule has 1 aliphatic heterocycles. The van der Waals surface area contributed by atoms with Gasteiger partial charge in [0.15, 0.2) is 17.6 Å². The number of rotatable bonds is 6. The molecular weight excluding hydrogens is 358 g/mol. The predicted molar refractivity (Wildman–Crippen MR) is 106 cm³/mol. The van der Waals surface area contributed by atoms with Gasteiger partial charge in [-0.3, -0.25) is 4.79 Å². The number of ether oxygens (including phenoxy) is 3. The molecule has 0 aliphatic carbocycles. The van der Waals surface area contributed by atoms with Gasteiger partial charge in [-0.15, -0.1) is 0 Å². The average molecular weight is 383 g/mol. The predicted octanol–water partition coefficient (Wildman–Crippen LogP) is 3.62. The van der Waals surface area contributed by atoms with E-state index >= 15 is 0 Å². The molecule has 0 saturated carbocycles. The minimum absolute atomic E-state index is 0.0246. The highest BCUT2D eigenvalue weighted by Gasteiger charge is 2.34. The van der Waals surface area contributed by atoms with Gasteiger partial charge in [0.2, 0.25) is 0 Å². The Morgan fingerprint density at radius 1 is 1.18 bits per heavy atom. The van der Waals surface area contributed by atoms with Crippen molar-refractivity contribution in [3.63, 3.8) is 0 Å². The zero-order valence-corrected chi connectivity index (χ0v) is 16.6. The zero-order valence-electron chi connectivity index (χ0n) is 16.6. The van der Waals surface area contributed by atoms with Crippen LogP contribution < -0.4 is 14.4 Å². The molecule has 2 atom stereocenters. The van der Waals surface area contributed by atoms with Crippen LogP contribution in [0.25, 0.3) is 0 Å². The molecule has 0 N–H and O–H groups in total. The second-order valence-corrected chi connectivity index (χ2v) is 6.74. The minimum Gasteiger partial charge on any atom is -0.493 e. The number of hydrogen-bond donors (Lipinski definition) is 0. The van der Waals surface area contributed by atoms with Crippen molar-refractivity contribution in [2.75, 3.05) is 18.6 Å². The Bertz CT molecular complexity index is 879. The molecule has 0 spiro atoms. The molecule has 3 rings (SSSR count). The van der Waals surface area contributed by atoms with Crippen LogP contribution in [0.15, 0.2) is 42.5 Å². The van der Waals surface area contributed by atoms with E-state index in [-0.39, 0.29) is 11.9 Å². The van der Waals surface area contributed by atoms with E-state index in [2.05, 4.69) is 0 Å². The number of carbonyl (C=O) groups excluding carboxylic acids is 2. The van der Waals surface area contributed by atoms with E-state index in [4.69, 9.17) is 14.2 Å². The summed E-state index contributed by atoms with van der Waals surface area (Å²) in [5.41, 5.74) is 2.31. The highest BCUT2D eigenvalue weighted by molar-refractivity contribution is 6.01. The number of benzene rings is 2. The molecule has 2 aromatic rings. The SMILES string of the molecule is CCOc1cc(C(=O)O[C@@H](C)C(=O)N2c3ccccc3C[C@@H]2C)ccc1OC. The Morgan fingerprint density at radius 2 is 1.93 bits per heavy atom. The first-order chi connectivity index (χ1) is 13.5. The monoisotopic (exact) mass is 383 g/mol. The fraction of sp³-hybridized carbons (Fsp3) is 0.364. The lowest BCUT2D eigenvalue weighted by Gasteiger charge is -2.26. The van der Waals surface area contributed by atoms with Crippen LogP contribution in [-0.4, -0.2) is 37.7 Å². The number of hydrogen-bond acceptors (Lipinski definition) is 5. The largest absolute Gasteiger partial charge is 0.493 e. The fourth-order valence-corrected chi connectivity index (χ4v) is 3.45. The minimum atomic E-state index is -0.904. The molecule has 148 valence electrons. The van der Waals surface area contributed by atoms with Crippen LogP contribution in [0.5, 0.6) is 11.5 Å². The van der Waals surface area contributed by atoms with E-state index in [9.17, 15) is 9.59 Å². The Hall–Kier alpha value is -3.02. The molecule has 0 bridgehead atoms. The summed E-state index contributed by atoms with van der Waals surface area (Å²) in [6.45, 7) is 5.88. The van der Waals surface area contributed by atoms with Gasteiger partial charge in [-0.1, -0.05) is 18.2 Å². The molecule has 0 saturated heterocycles. The Morgan fingerprint density at radius 3 is 2.64 bits per heavy atom. The summed E-state index contributed by atoms with van der Waals surface area (Å²) in [7, 11) is 1.53. The molecule has 1 heterocycles. The molecule has 0 aromatic heterocycles. The van der Waals surface area contributed by atoms with E-state index in [1.165, 1.54) is 7.11 Å². The maximum absolute atomic E-state index is 13.0. The van der Waals surface area contributed by atoms with Gasteiger partial charge in [0.05, 0.1) is 19.3 Å². The van der Waals surface area contributed by atoms with Crippen molar-refractivity contribution in [1.29, 1.82) is 0 Å². The summed E-state index contributed by atoms with van der Waals surface area (Å²) in [5, 5.41) is 0. The summed E-state index contributed by atoms with van der Waals surface area (Å²) in [6, 6.07) is 12.6. The molecule has 1 aliphatic rings. The Labute approximate surface area is 165 Å². The van der Waals surface area contributed by atoms with E-state index in [1.807, 2.05) is 38.1 Å². The van der Waals surface area contributed by atoms with Gasteiger partial charge in [-0.05, 0) is 57.0 Å². The summed E-state index contributed by atoms with van der Waals surface area (Å²) >= 11 is 0. The average Bonchev–Trinajstić information content (AvgIpc) is 3.03. The second kappa shape index (κ2) is 8.33. The van der Waals surface area contributed by atoms with E-state index in [0.29, 0.717) is 23.7 Å². The van der Waals surface area contributed by atoms with Crippen molar-refractivity contribution >= 4 is 17.6 Å². The van der Waals surface area contributed by atoms with Gasteiger partial charge < -0.3 is 19.1 Å². The third-order valence-corrected chi connectivity index (χ3v) is 4.78. The summed E-state index contributed by atoms with van der Waals surface area (Å²) in [6.07, 6.45) is -0.113. The second-order valence-electron chi connectivity index (χ2n) is 6.74. The maximum atomic E-state index is 13.0. The number of nitrogens with zero attached hydrogens (tertiary/aromatic N) is 1. The summed E-state index contributed by atoms with van der Waals surface area (Å²) < 4.78 is 16.2. The summed E-state index contributed by atoms with van der Waals surface area (Å²) in [5.74, 6) is 0.180.